The van der Waals surface area contributed by atoms with Crippen LogP contribution in [0, 0.1) is 0 Å². The second-order valence-corrected chi connectivity index (χ2v) is 27.7. The smallest absolute Gasteiger partial charge is 0.462 e. The minimum Gasteiger partial charge on any atom is -0.462 e. The third kappa shape index (κ3) is 72.8. The lowest BCUT2D eigenvalue weighted by Gasteiger charge is -2.21. The van der Waals surface area contributed by atoms with Gasteiger partial charge in [-0.3, -0.25) is 37.3 Å². The second kappa shape index (κ2) is 73.7. The topological polar surface area (TPSA) is 237 Å². The van der Waals surface area contributed by atoms with Crippen molar-refractivity contribution in [2.45, 2.75) is 290 Å². The summed E-state index contributed by atoms with van der Waals surface area (Å²) in [6.45, 7) is 4.33. The zero-order chi connectivity index (χ0) is 74.6. The van der Waals surface area contributed by atoms with Crippen LogP contribution in [0.15, 0.2) is 170 Å². The van der Waals surface area contributed by atoms with Crippen LogP contribution < -0.4 is 0 Å². The number of aliphatic hydroxyl groups is 1. The first kappa shape index (κ1) is 96.4. The molecule has 0 aliphatic rings. The van der Waals surface area contributed by atoms with Crippen LogP contribution >= 0.6 is 15.6 Å². The highest BCUT2D eigenvalue weighted by Crippen LogP contribution is 2.45. The van der Waals surface area contributed by atoms with Crippen molar-refractivity contribution in [3.8, 4) is 0 Å². The summed E-state index contributed by atoms with van der Waals surface area (Å²) in [5.41, 5.74) is 0. The van der Waals surface area contributed by atoms with Crippen molar-refractivity contribution in [3.05, 3.63) is 170 Å². The molecule has 0 saturated heterocycles. The molecule has 0 radical (unpaired) electrons. The molecule has 19 heteroatoms. The molecule has 3 N–H and O–H groups in total. The summed E-state index contributed by atoms with van der Waals surface area (Å²) >= 11 is 0. The van der Waals surface area contributed by atoms with Crippen molar-refractivity contribution >= 4 is 39.5 Å². The largest absolute Gasteiger partial charge is 0.472 e. The van der Waals surface area contributed by atoms with Gasteiger partial charge < -0.3 is 33.8 Å². The van der Waals surface area contributed by atoms with Crippen molar-refractivity contribution in [2.75, 3.05) is 39.6 Å². The van der Waals surface area contributed by atoms with E-state index < -0.39 is 97.5 Å². The summed E-state index contributed by atoms with van der Waals surface area (Å²) in [4.78, 5) is 72.9. The van der Waals surface area contributed by atoms with Crippen LogP contribution in [0.1, 0.15) is 272 Å². The fourth-order valence-electron chi connectivity index (χ4n) is 9.42. The predicted molar refractivity (Wildman–Crippen MR) is 417 cm³/mol. The monoisotopic (exact) mass is 1460 g/mol. The van der Waals surface area contributed by atoms with Gasteiger partial charge >= 0.3 is 39.5 Å². The van der Waals surface area contributed by atoms with E-state index in [1.165, 1.54) is 25.7 Å². The van der Waals surface area contributed by atoms with Gasteiger partial charge in [-0.25, -0.2) is 9.13 Å². The minimum atomic E-state index is -5.00. The average Bonchev–Trinajstić information content (AvgIpc) is 0.939. The molecule has 578 valence electrons. The molecule has 0 aliphatic heterocycles. The van der Waals surface area contributed by atoms with Crippen LogP contribution in [0.2, 0.25) is 0 Å². The number of carbonyl (C=O) groups is 4. The molecular formula is C83H134O17P2. The van der Waals surface area contributed by atoms with E-state index in [0.717, 1.165) is 154 Å². The summed E-state index contributed by atoms with van der Waals surface area (Å²) in [5, 5.41) is 10.6. The molecular weight excluding hydrogens is 1330 g/mol. The maximum absolute atomic E-state index is 13.1. The van der Waals surface area contributed by atoms with E-state index in [4.69, 9.17) is 37.0 Å². The SMILES string of the molecule is CC/C=C\C/C=C\C/C=C\C/C=C\C/C=C\CCCC(=O)OCC(COP(=O)(O)OCC(O)COP(=O)(O)OCC(COC(=O)CCC/C=C\C/C=C\C/C=C\C/C=C\C/C=C\CC)OC(=O)CCCCCCC/C=C\CCCCCC)OC(=O)CCCCCCC/C=C\C/C=C\C/C=C\CC. The highest BCUT2D eigenvalue weighted by Gasteiger charge is 2.30. The van der Waals surface area contributed by atoms with Gasteiger partial charge in [0.2, 0.25) is 0 Å². The van der Waals surface area contributed by atoms with E-state index in [0.29, 0.717) is 38.5 Å². The molecule has 102 heavy (non-hydrogen) atoms. The lowest BCUT2D eigenvalue weighted by Crippen LogP contribution is -2.30. The summed E-state index contributed by atoms with van der Waals surface area (Å²) in [6.07, 6.45) is 86.4. The van der Waals surface area contributed by atoms with Gasteiger partial charge in [0.1, 0.15) is 19.3 Å². The fourth-order valence-corrected chi connectivity index (χ4v) is 11.0. The van der Waals surface area contributed by atoms with Gasteiger partial charge in [-0.2, -0.15) is 0 Å². The molecule has 0 amide bonds. The Labute approximate surface area is 616 Å². The maximum atomic E-state index is 13.1. The van der Waals surface area contributed by atoms with Crippen LogP contribution in [-0.2, 0) is 65.4 Å². The van der Waals surface area contributed by atoms with Crippen LogP contribution in [0.4, 0.5) is 0 Å². The fraction of sp³-hybridized carbons (Fsp3) is 0.614. The Morgan fingerprint density at radius 3 is 0.824 bits per heavy atom. The van der Waals surface area contributed by atoms with Gasteiger partial charge in [-0.05, 0) is 161 Å². The van der Waals surface area contributed by atoms with E-state index in [9.17, 15) is 43.2 Å². The number of phosphoric ester groups is 2. The second-order valence-electron chi connectivity index (χ2n) is 24.8. The number of hydrogen-bond donors (Lipinski definition) is 3. The maximum Gasteiger partial charge on any atom is 0.472 e. The van der Waals surface area contributed by atoms with Gasteiger partial charge in [-0.15, -0.1) is 0 Å². The highest BCUT2D eigenvalue weighted by atomic mass is 31.2. The van der Waals surface area contributed by atoms with Crippen molar-refractivity contribution in [1.29, 1.82) is 0 Å². The summed E-state index contributed by atoms with van der Waals surface area (Å²) in [5.74, 6) is -2.35. The number of aliphatic hydroxyl groups excluding tert-OH is 1. The number of allylic oxidation sites excluding steroid dienone is 28. The number of hydrogen-bond acceptors (Lipinski definition) is 15. The Hall–Kier alpha value is -5.58. The number of phosphoric acid groups is 2. The van der Waals surface area contributed by atoms with Crippen molar-refractivity contribution in [1.82, 2.24) is 0 Å². The van der Waals surface area contributed by atoms with E-state index >= 15 is 0 Å². The quantitative estimate of drug-likeness (QED) is 0.0169. The van der Waals surface area contributed by atoms with E-state index in [1.54, 1.807) is 0 Å². The Bertz CT molecular complexity index is 2600. The Morgan fingerprint density at radius 2 is 0.520 bits per heavy atom. The Balaban J connectivity index is 5.48. The zero-order valence-electron chi connectivity index (χ0n) is 63.0. The number of unbranched alkanes of at least 4 members (excludes halogenated alkanes) is 16. The molecule has 0 saturated carbocycles. The van der Waals surface area contributed by atoms with E-state index in [-0.39, 0.29) is 25.7 Å². The standard InChI is InChI=1S/C83H134O17P2/c1-5-9-13-17-21-25-29-33-36-38-41-44-47-51-55-59-63-67-80(85)93-73-78(99-82(87)69-65-61-57-53-49-43-32-28-24-20-16-12-8-4)75-97-101(89,90)95-71-77(84)72-96-102(91,92)98-76-79(100-83(88)70-66-62-58-54-50-46-40-35-31-27-23-19-15-11-7-3)74-94-81(86)68-64-60-56-52-48-45-42-39-37-34-30-26-22-18-14-10-6-2/h9-11,13-15,21-23,25-28,32-37,40-42,44-45,51-52,55-56,77-79,84H,5-8,12,16-20,24,29-31,38-39,43,46-50,53-54,57-76H2,1-4H3,(H,89,90)(H,91,92)/b13-9-,14-10-,15-11-,25-21-,26-22-,27-23-,32-28-,36-33-,37-34-,40-35-,44-41-,45-42-,55-51-,56-52-. The normalized spacial score (nSPS) is 14.9. The van der Waals surface area contributed by atoms with E-state index in [2.05, 4.69) is 174 Å². The van der Waals surface area contributed by atoms with Gasteiger partial charge in [0.25, 0.3) is 0 Å². The molecule has 0 heterocycles. The van der Waals surface area contributed by atoms with Crippen molar-refractivity contribution in [2.24, 2.45) is 0 Å². The third-order valence-corrected chi connectivity index (χ3v) is 17.1. The molecule has 0 rings (SSSR count). The number of ether oxygens (including phenoxy) is 4. The lowest BCUT2D eigenvalue weighted by molar-refractivity contribution is -0.161. The first-order chi connectivity index (χ1) is 49.7. The van der Waals surface area contributed by atoms with Crippen molar-refractivity contribution in [3.63, 3.8) is 0 Å². The van der Waals surface area contributed by atoms with Gasteiger partial charge in [0.05, 0.1) is 26.4 Å². The van der Waals surface area contributed by atoms with Crippen LogP contribution in [0.5, 0.6) is 0 Å². The number of rotatable bonds is 70. The summed E-state index contributed by atoms with van der Waals surface area (Å²) in [7, 11) is -10.0. The molecule has 0 fully saturated rings. The Kier molecular flexibility index (Phi) is 69.7. The number of carbonyl (C=O) groups excluding carboxylic acids is 4. The number of esters is 4. The first-order valence-electron chi connectivity index (χ1n) is 38.4. The third-order valence-electron chi connectivity index (χ3n) is 15.2. The molecule has 5 unspecified atom stereocenters. The summed E-state index contributed by atoms with van der Waals surface area (Å²) < 4.78 is 68.4. The van der Waals surface area contributed by atoms with Gasteiger partial charge in [0.15, 0.2) is 12.2 Å². The highest BCUT2D eigenvalue weighted by molar-refractivity contribution is 7.47. The molecule has 0 aromatic heterocycles. The van der Waals surface area contributed by atoms with Crippen LogP contribution in [-0.4, -0.2) is 96.7 Å². The average molecular weight is 1470 g/mol. The van der Waals surface area contributed by atoms with Gasteiger partial charge in [-0.1, -0.05) is 256 Å². The van der Waals surface area contributed by atoms with Gasteiger partial charge in [0, 0.05) is 25.7 Å². The molecule has 5 atom stereocenters. The lowest BCUT2D eigenvalue weighted by atomic mass is 10.1. The van der Waals surface area contributed by atoms with E-state index in [1.807, 2.05) is 24.3 Å². The summed E-state index contributed by atoms with van der Waals surface area (Å²) in [6, 6.07) is 0. The minimum absolute atomic E-state index is 0.0557. The Morgan fingerprint density at radius 1 is 0.284 bits per heavy atom. The van der Waals surface area contributed by atoms with Crippen LogP contribution in [0.25, 0.3) is 0 Å². The predicted octanol–water partition coefficient (Wildman–Crippen LogP) is 22.2. The molecule has 0 aromatic rings. The van der Waals surface area contributed by atoms with Crippen molar-refractivity contribution < 1.29 is 80.2 Å². The molecule has 0 aliphatic carbocycles. The van der Waals surface area contributed by atoms with Crippen LogP contribution in [0.3, 0.4) is 0 Å². The molecule has 0 bridgehead atoms. The zero-order valence-corrected chi connectivity index (χ0v) is 64.8. The molecule has 0 aromatic carbocycles. The molecule has 17 nitrogen and oxygen atoms in total. The molecule has 0 spiro atoms. The first-order valence-corrected chi connectivity index (χ1v) is 41.4.